The van der Waals surface area contributed by atoms with Gasteiger partial charge in [-0.2, -0.15) is 0 Å². The number of aliphatic hydroxyl groups is 1. The van der Waals surface area contributed by atoms with Crippen LogP contribution in [-0.2, 0) is 16.1 Å². The lowest BCUT2D eigenvalue weighted by Crippen LogP contribution is -2.42. The lowest BCUT2D eigenvalue weighted by molar-refractivity contribution is -0.103. The molecule has 1 saturated heterocycles. The number of rotatable bonds is 5. The molecule has 0 amide bonds. The molecule has 6 nitrogen and oxygen atoms in total. The standard InChI is InChI=1S/C13H17N3O3/c14-16-15-12-9-18-11(7-17)6-13(12)19-8-10-4-2-1-3-5-10/h1-5,11-13,17H,6-9H2/t11?,12?,13-/m1/s1. The summed E-state index contributed by atoms with van der Waals surface area (Å²) >= 11 is 0. The maximum atomic E-state index is 9.13. The molecule has 1 aliphatic heterocycles. The van der Waals surface area contributed by atoms with E-state index in [0.29, 0.717) is 13.0 Å². The van der Waals surface area contributed by atoms with Crippen molar-refractivity contribution in [3.8, 4) is 0 Å². The summed E-state index contributed by atoms with van der Waals surface area (Å²) in [6, 6.07) is 9.46. The van der Waals surface area contributed by atoms with Crippen LogP contribution in [-0.4, -0.2) is 36.6 Å². The van der Waals surface area contributed by atoms with Gasteiger partial charge in [-0.05, 0) is 11.1 Å². The van der Waals surface area contributed by atoms with Crippen LogP contribution in [0.2, 0.25) is 0 Å². The zero-order valence-corrected chi connectivity index (χ0v) is 10.6. The smallest absolute Gasteiger partial charge is 0.0871 e. The topological polar surface area (TPSA) is 87.5 Å². The van der Waals surface area contributed by atoms with Crippen LogP contribution < -0.4 is 0 Å². The minimum absolute atomic E-state index is 0.0474. The first-order valence-electron chi connectivity index (χ1n) is 6.25. The number of aliphatic hydroxyl groups excluding tert-OH is 1. The van der Waals surface area contributed by atoms with Gasteiger partial charge in [0.25, 0.3) is 0 Å². The van der Waals surface area contributed by atoms with Crippen molar-refractivity contribution in [2.24, 2.45) is 5.11 Å². The molecule has 0 radical (unpaired) electrons. The highest BCUT2D eigenvalue weighted by atomic mass is 16.5. The van der Waals surface area contributed by atoms with Crippen LogP contribution in [0.25, 0.3) is 10.4 Å². The Bertz CT molecular complexity index is 434. The van der Waals surface area contributed by atoms with Gasteiger partial charge in [-0.25, -0.2) is 0 Å². The van der Waals surface area contributed by atoms with Crippen molar-refractivity contribution in [2.45, 2.75) is 31.3 Å². The number of nitrogens with zero attached hydrogens (tertiary/aromatic N) is 3. The van der Waals surface area contributed by atoms with Crippen molar-refractivity contribution >= 4 is 0 Å². The Morgan fingerprint density at radius 2 is 2.21 bits per heavy atom. The predicted molar refractivity (Wildman–Crippen MR) is 69.4 cm³/mol. The van der Waals surface area contributed by atoms with Crippen molar-refractivity contribution in [3.05, 3.63) is 46.3 Å². The molecule has 2 rings (SSSR count). The Hall–Kier alpha value is -1.59. The average molecular weight is 263 g/mol. The molecular weight excluding hydrogens is 246 g/mol. The molecule has 102 valence electrons. The molecule has 1 heterocycles. The molecular formula is C13H17N3O3. The van der Waals surface area contributed by atoms with E-state index in [9.17, 15) is 0 Å². The van der Waals surface area contributed by atoms with Gasteiger partial charge in [0.2, 0.25) is 0 Å². The fourth-order valence-corrected chi connectivity index (χ4v) is 2.08. The molecule has 0 saturated carbocycles. The summed E-state index contributed by atoms with van der Waals surface area (Å²) in [6.07, 6.45) is 0.0699. The molecule has 1 aromatic rings. The molecule has 0 spiro atoms. The van der Waals surface area contributed by atoms with Gasteiger partial charge < -0.3 is 14.6 Å². The Kier molecular flexibility index (Phi) is 5.18. The van der Waals surface area contributed by atoms with E-state index in [2.05, 4.69) is 10.0 Å². The third-order valence-electron chi connectivity index (χ3n) is 3.14. The average Bonchev–Trinajstić information content (AvgIpc) is 2.47. The van der Waals surface area contributed by atoms with E-state index in [4.69, 9.17) is 20.1 Å². The van der Waals surface area contributed by atoms with E-state index in [1.54, 1.807) is 0 Å². The second-order valence-electron chi connectivity index (χ2n) is 4.48. The first-order chi connectivity index (χ1) is 9.33. The molecule has 6 heteroatoms. The number of benzene rings is 1. The van der Waals surface area contributed by atoms with Crippen molar-refractivity contribution in [1.82, 2.24) is 0 Å². The monoisotopic (exact) mass is 263 g/mol. The summed E-state index contributed by atoms with van der Waals surface area (Å²) in [4.78, 5) is 2.82. The van der Waals surface area contributed by atoms with Crippen molar-refractivity contribution in [1.29, 1.82) is 0 Å². The summed E-state index contributed by atoms with van der Waals surface area (Å²) in [5, 5.41) is 12.8. The maximum Gasteiger partial charge on any atom is 0.0871 e. The van der Waals surface area contributed by atoms with Crippen molar-refractivity contribution < 1.29 is 14.6 Å². The van der Waals surface area contributed by atoms with Gasteiger partial charge in [0.1, 0.15) is 0 Å². The van der Waals surface area contributed by atoms with E-state index >= 15 is 0 Å². The van der Waals surface area contributed by atoms with Crippen LogP contribution in [0.4, 0.5) is 0 Å². The highest BCUT2D eigenvalue weighted by Gasteiger charge is 2.31. The Labute approximate surface area is 111 Å². The summed E-state index contributed by atoms with van der Waals surface area (Å²) in [5.41, 5.74) is 9.61. The van der Waals surface area contributed by atoms with Gasteiger partial charge in [-0.15, -0.1) is 0 Å². The van der Waals surface area contributed by atoms with Crippen LogP contribution in [0, 0.1) is 0 Å². The van der Waals surface area contributed by atoms with Gasteiger partial charge >= 0.3 is 0 Å². The van der Waals surface area contributed by atoms with Crippen molar-refractivity contribution in [3.63, 3.8) is 0 Å². The lowest BCUT2D eigenvalue weighted by atomic mass is 10.0. The normalized spacial score (nSPS) is 26.7. The lowest BCUT2D eigenvalue weighted by Gasteiger charge is -2.33. The highest BCUT2D eigenvalue weighted by Crippen LogP contribution is 2.21. The largest absolute Gasteiger partial charge is 0.394 e. The first kappa shape index (κ1) is 13.8. The van der Waals surface area contributed by atoms with Crippen molar-refractivity contribution in [2.75, 3.05) is 13.2 Å². The number of azide groups is 1. The first-order valence-corrected chi connectivity index (χ1v) is 6.25. The molecule has 19 heavy (non-hydrogen) atoms. The highest BCUT2D eigenvalue weighted by molar-refractivity contribution is 5.13. The third-order valence-corrected chi connectivity index (χ3v) is 3.14. The fraction of sp³-hybridized carbons (Fsp3) is 0.538. The molecule has 0 aliphatic carbocycles. The van der Waals surface area contributed by atoms with Crippen LogP contribution in [0.5, 0.6) is 0 Å². The minimum Gasteiger partial charge on any atom is -0.394 e. The van der Waals surface area contributed by atoms with E-state index in [1.165, 1.54) is 0 Å². The molecule has 1 fully saturated rings. The van der Waals surface area contributed by atoms with Crippen LogP contribution in [0.1, 0.15) is 12.0 Å². The number of hydrogen-bond acceptors (Lipinski definition) is 4. The molecule has 0 bridgehead atoms. The van der Waals surface area contributed by atoms with Crippen LogP contribution in [0.3, 0.4) is 0 Å². The third kappa shape index (κ3) is 3.94. The molecule has 0 aromatic heterocycles. The molecule has 2 unspecified atom stereocenters. The van der Waals surface area contributed by atoms with Gasteiger partial charge in [0.15, 0.2) is 0 Å². The quantitative estimate of drug-likeness (QED) is 0.501. The van der Waals surface area contributed by atoms with E-state index in [0.717, 1.165) is 5.56 Å². The summed E-state index contributed by atoms with van der Waals surface area (Å²) in [7, 11) is 0. The fourth-order valence-electron chi connectivity index (χ4n) is 2.08. The SMILES string of the molecule is [N-]=[N+]=NC1COC(CO)C[C@H]1OCc1ccccc1. The predicted octanol–water partition coefficient (Wildman–Crippen LogP) is 2.03. The van der Waals surface area contributed by atoms with E-state index in [1.807, 2.05) is 30.3 Å². The Morgan fingerprint density at radius 1 is 1.42 bits per heavy atom. The minimum atomic E-state index is -0.337. The molecule has 1 aliphatic rings. The van der Waals surface area contributed by atoms with E-state index < -0.39 is 0 Å². The second kappa shape index (κ2) is 7.11. The summed E-state index contributed by atoms with van der Waals surface area (Å²) in [5.74, 6) is 0. The maximum absolute atomic E-state index is 9.13. The van der Waals surface area contributed by atoms with Gasteiger partial charge in [0.05, 0.1) is 38.1 Å². The second-order valence-corrected chi connectivity index (χ2v) is 4.48. The molecule has 3 atom stereocenters. The summed E-state index contributed by atoms with van der Waals surface area (Å²) < 4.78 is 11.2. The summed E-state index contributed by atoms with van der Waals surface area (Å²) in [6.45, 7) is 0.698. The molecule has 1 aromatic carbocycles. The zero-order valence-electron chi connectivity index (χ0n) is 10.6. The Morgan fingerprint density at radius 3 is 2.89 bits per heavy atom. The van der Waals surface area contributed by atoms with Crippen LogP contribution >= 0.6 is 0 Å². The van der Waals surface area contributed by atoms with Gasteiger partial charge in [-0.3, -0.25) is 0 Å². The van der Waals surface area contributed by atoms with E-state index in [-0.39, 0.29) is 31.5 Å². The Balaban J connectivity index is 1.95. The van der Waals surface area contributed by atoms with Gasteiger partial charge in [0, 0.05) is 11.3 Å². The van der Waals surface area contributed by atoms with Gasteiger partial charge in [-0.1, -0.05) is 35.4 Å². The van der Waals surface area contributed by atoms with Crippen LogP contribution in [0.15, 0.2) is 35.4 Å². The number of ether oxygens (including phenoxy) is 2. The number of hydrogen-bond donors (Lipinski definition) is 1. The zero-order chi connectivity index (χ0) is 13.5. The molecule has 1 N–H and O–H groups in total.